The van der Waals surface area contributed by atoms with Gasteiger partial charge in [0.25, 0.3) is 0 Å². The lowest BCUT2D eigenvalue weighted by Crippen LogP contribution is -2.45. The number of piperidine rings is 1. The van der Waals surface area contributed by atoms with Gasteiger partial charge >= 0.3 is 6.18 Å². The van der Waals surface area contributed by atoms with Crippen LogP contribution in [0.15, 0.2) is 16.8 Å². The van der Waals surface area contributed by atoms with Crippen LogP contribution in [0.2, 0.25) is 0 Å². The molecule has 0 bridgehead atoms. The maximum absolute atomic E-state index is 12.2. The third kappa shape index (κ3) is 4.59. The highest BCUT2D eigenvalue weighted by molar-refractivity contribution is 7.07. The zero-order valence-corrected chi connectivity index (χ0v) is 10.9. The number of nitrogens with zero attached hydrogens (tertiary/aromatic N) is 1. The first-order valence-corrected chi connectivity index (χ1v) is 7.01. The molecule has 0 spiro atoms. The van der Waals surface area contributed by atoms with Gasteiger partial charge in [-0.2, -0.15) is 24.5 Å². The number of hydrogen-bond donors (Lipinski definition) is 1. The molecular formula is C12H17F3N2S. The van der Waals surface area contributed by atoms with Crippen LogP contribution >= 0.6 is 11.3 Å². The summed E-state index contributed by atoms with van der Waals surface area (Å²) < 4.78 is 36.6. The quantitative estimate of drug-likeness (QED) is 0.911. The van der Waals surface area contributed by atoms with Gasteiger partial charge in [0.2, 0.25) is 0 Å². The second-order valence-electron chi connectivity index (χ2n) is 4.68. The first-order chi connectivity index (χ1) is 8.53. The first kappa shape index (κ1) is 13.8. The second-order valence-corrected chi connectivity index (χ2v) is 5.46. The molecule has 1 saturated heterocycles. The van der Waals surface area contributed by atoms with Gasteiger partial charge < -0.3 is 5.32 Å². The molecule has 1 fully saturated rings. The predicted octanol–water partition coefficient (Wildman–Crippen LogP) is 2.86. The molecule has 0 amide bonds. The summed E-state index contributed by atoms with van der Waals surface area (Å²) in [6.07, 6.45) is -2.49. The molecule has 6 heteroatoms. The Kier molecular flexibility index (Phi) is 4.64. The highest BCUT2D eigenvalue weighted by Crippen LogP contribution is 2.20. The molecule has 0 aliphatic carbocycles. The molecule has 0 radical (unpaired) electrons. The monoisotopic (exact) mass is 278 g/mol. The van der Waals surface area contributed by atoms with Crippen molar-refractivity contribution in [1.29, 1.82) is 0 Å². The van der Waals surface area contributed by atoms with Gasteiger partial charge in [-0.1, -0.05) is 0 Å². The SMILES string of the molecule is FC(F)(F)CN1CCC(NCc2ccsc2)CC1. The average molecular weight is 278 g/mol. The maximum Gasteiger partial charge on any atom is 0.401 e. The standard InChI is InChI=1S/C12H17F3N2S/c13-12(14,15)9-17-4-1-11(2-5-17)16-7-10-3-6-18-8-10/h3,6,8,11,16H,1-2,4-5,7,9H2. The Bertz CT molecular complexity index is 343. The van der Waals surface area contributed by atoms with E-state index in [0.717, 1.165) is 19.4 Å². The van der Waals surface area contributed by atoms with Crippen molar-refractivity contribution in [2.24, 2.45) is 0 Å². The fraction of sp³-hybridized carbons (Fsp3) is 0.667. The van der Waals surface area contributed by atoms with E-state index in [0.29, 0.717) is 19.1 Å². The van der Waals surface area contributed by atoms with Crippen LogP contribution in [-0.4, -0.2) is 36.8 Å². The molecular weight excluding hydrogens is 261 g/mol. The van der Waals surface area contributed by atoms with Crippen molar-refractivity contribution in [3.8, 4) is 0 Å². The Morgan fingerprint density at radius 3 is 2.61 bits per heavy atom. The third-order valence-corrected chi connectivity index (χ3v) is 3.90. The second kappa shape index (κ2) is 6.04. The molecule has 2 rings (SSSR count). The van der Waals surface area contributed by atoms with Crippen molar-refractivity contribution in [1.82, 2.24) is 10.2 Å². The van der Waals surface area contributed by atoms with Crippen LogP contribution in [0.1, 0.15) is 18.4 Å². The number of rotatable bonds is 4. The Hall–Kier alpha value is -0.590. The number of alkyl halides is 3. The van der Waals surface area contributed by atoms with E-state index in [-0.39, 0.29) is 0 Å². The van der Waals surface area contributed by atoms with Crippen molar-refractivity contribution in [3.05, 3.63) is 22.4 Å². The number of hydrogen-bond acceptors (Lipinski definition) is 3. The van der Waals surface area contributed by atoms with Crippen LogP contribution in [-0.2, 0) is 6.54 Å². The van der Waals surface area contributed by atoms with Crippen molar-refractivity contribution >= 4 is 11.3 Å². The molecule has 18 heavy (non-hydrogen) atoms. The van der Waals surface area contributed by atoms with Gasteiger partial charge in [0.15, 0.2) is 0 Å². The van der Waals surface area contributed by atoms with Gasteiger partial charge in [-0.15, -0.1) is 0 Å². The minimum Gasteiger partial charge on any atom is -0.310 e. The Morgan fingerprint density at radius 1 is 1.33 bits per heavy atom. The minimum absolute atomic E-state index is 0.342. The molecule has 0 saturated carbocycles. The molecule has 1 aromatic heterocycles. The Labute approximate surface area is 109 Å². The van der Waals surface area contributed by atoms with Crippen LogP contribution < -0.4 is 5.32 Å². The van der Waals surface area contributed by atoms with Crippen molar-refractivity contribution in [2.45, 2.75) is 31.6 Å². The number of thiophene rings is 1. The molecule has 0 aromatic carbocycles. The lowest BCUT2D eigenvalue weighted by atomic mass is 10.0. The summed E-state index contributed by atoms with van der Waals surface area (Å²) >= 11 is 1.66. The summed E-state index contributed by atoms with van der Waals surface area (Å²) in [6.45, 7) is 1.10. The van der Waals surface area contributed by atoms with Crippen LogP contribution in [0.3, 0.4) is 0 Å². The Morgan fingerprint density at radius 2 is 2.06 bits per heavy atom. The van der Waals surface area contributed by atoms with Crippen molar-refractivity contribution in [3.63, 3.8) is 0 Å². The van der Waals surface area contributed by atoms with E-state index in [4.69, 9.17) is 0 Å². The molecule has 1 aliphatic rings. The van der Waals surface area contributed by atoms with E-state index in [1.807, 2.05) is 5.38 Å². The van der Waals surface area contributed by atoms with Gasteiger partial charge in [0, 0.05) is 12.6 Å². The van der Waals surface area contributed by atoms with E-state index in [1.54, 1.807) is 11.3 Å². The molecule has 1 N–H and O–H groups in total. The minimum atomic E-state index is -4.07. The largest absolute Gasteiger partial charge is 0.401 e. The summed E-state index contributed by atoms with van der Waals surface area (Å²) in [7, 11) is 0. The fourth-order valence-corrected chi connectivity index (χ4v) is 2.87. The van der Waals surface area contributed by atoms with E-state index in [2.05, 4.69) is 16.8 Å². The van der Waals surface area contributed by atoms with Crippen LogP contribution in [0.25, 0.3) is 0 Å². The summed E-state index contributed by atoms with van der Waals surface area (Å²) in [5.41, 5.74) is 1.25. The maximum atomic E-state index is 12.2. The molecule has 102 valence electrons. The predicted molar refractivity (Wildman–Crippen MR) is 66.7 cm³/mol. The molecule has 2 heterocycles. The van der Waals surface area contributed by atoms with Crippen molar-refractivity contribution < 1.29 is 13.2 Å². The smallest absolute Gasteiger partial charge is 0.310 e. The van der Waals surface area contributed by atoms with Gasteiger partial charge in [-0.3, -0.25) is 4.90 Å². The summed E-state index contributed by atoms with van der Waals surface area (Å²) in [6, 6.07) is 2.41. The molecule has 2 nitrogen and oxygen atoms in total. The topological polar surface area (TPSA) is 15.3 Å². The van der Waals surface area contributed by atoms with Crippen LogP contribution in [0.4, 0.5) is 13.2 Å². The fourth-order valence-electron chi connectivity index (χ4n) is 2.20. The normalized spacial score (nSPS) is 19.3. The molecule has 0 atom stereocenters. The van der Waals surface area contributed by atoms with Crippen LogP contribution in [0, 0.1) is 0 Å². The van der Waals surface area contributed by atoms with E-state index in [1.165, 1.54) is 10.5 Å². The number of nitrogens with one attached hydrogen (secondary N) is 1. The van der Waals surface area contributed by atoms with Gasteiger partial charge in [-0.25, -0.2) is 0 Å². The summed E-state index contributed by atoms with van der Waals surface area (Å²) in [5.74, 6) is 0. The average Bonchev–Trinajstić information content (AvgIpc) is 2.79. The van der Waals surface area contributed by atoms with E-state index < -0.39 is 12.7 Å². The lowest BCUT2D eigenvalue weighted by molar-refractivity contribution is -0.148. The van der Waals surface area contributed by atoms with Gasteiger partial charge in [0.05, 0.1) is 6.54 Å². The van der Waals surface area contributed by atoms with E-state index in [9.17, 15) is 13.2 Å². The van der Waals surface area contributed by atoms with Crippen molar-refractivity contribution in [2.75, 3.05) is 19.6 Å². The van der Waals surface area contributed by atoms with Crippen LogP contribution in [0.5, 0.6) is 0 Å². The Balaban J connectivity index is 1.67. The highest BCUT2D eigenvalue weighted by Gasteiger charge is 2.32. The zero-order chi connectivity index (χ0) is 13.0. The number of halogens is 3. The molecule has 1 aliphatic heterocycles. The first-order valence-electron chi connectivity index (χ1n) is 6.06. The zero-order valence-electron chi connectivity index (χ0n) is 10.0. The summed E-state index contributed by atoms with van der Waals surface area (Å²) in [5, 5.41) is 7.53. The number of likely N-dealkylation sites (tertiary alicyclic amines) is 1. The van der Waals surface area contributed by atoms with Gasteiger partial charge in [-0.05, 0) is 48.3 Å². The molecule has 1 aromatic rings. The molecule has 0 unspecified atom stereocenters. The lowest BCUT2D eigenvalue weighted by Gasteiger charge is -2.32. The summed E-state index contributed by atoms with van der Waals surface area (Å²) in [4.78, 5) is 1.49. The van der Waals surface area contributed by atoms with E-state index >= 15 is 0 Å². The van der Waals surface area contributed by atoms with Gasteiger partial charge in [0.1, 0.15) is 0 Å². The third-order valence-electron chi connectivity index (χ3n) is 3.17. The highest BCUT2D eigenvalue weighted by atomic mass is 32.1.